The highest BCUT2D eigenvalue weighted by Gasteiger charge is 2.15. The van der Waals surface area contributed by atoms with E-state index in [0.717, 1.165) is 10.2 Å². The molecule has 0 bridgehead atoms. The summed E-state index contributed by atoms with van der Waals surface area (Å²) < 4.78 is 1.07. The Balaban J connectivity index is 3.10. The van der Waals surface area contributed by atoms with Gasteiger partial charge in [-0.05, 0) is 55.3 Å². The van der Waals surface area contributed by atoms with Crippen molar-refractivity contribution >= 4 is 21.6 Å². The molecule has 0 saturated carbocycles. The second-order valence-electron chi connectivity index (χ2n) is 3.74. The maximum Gasteiger partial charge on any atom is 0.0810 e. The maximum absolute atomic E-state index is 5.65. The third-order valence-electron chi connectivity index (χ3n) is 2.15. The van der Waals surface area contributed by atoms with Crippen LogP contribution in [0.2, 0.25) is 0 Å². The summed E-state index contributed by atoms with van der Waals surface area (Å²) in [6.07, 6.45) is 0. The first-order chi connectivity index (χ1) is 7.07. The summed E-state index contributed by atoms with van der Waals surface area (Å²) in [7, 11) is 0. The van der Waals surface area contributed by atoms with Gasteiger partial charge in [-0.25, -0.2) is 0 Å². The van der Waals surface area contributed by atoms with Crippen molar-refractivity contribution < 1.29 is 4.84 Å². The number of benzene rings is 1. The summed E-state index contributed by atoms with van der Waals surface area (Å²) in [5, 5.41) is 1.96. The van der Waals surface area contributed by atoms with Crippen LogP contribution in [0.3, 0.4) is 0 Å². The lowest BCUT2D eigenvalue weighted by Crippen LogP contribution is -2.31. The van der Waals surface area contributed by atoms with Crippen LogP contribution in [0.4, 0.5) is 5.69 Å². The molecule has 0 aromatic heterocycles. The van der Waals surface area contributed by atoms with E-state index in [9.17, 15) is 0 Å². The standard InChI is InChI=1S/C12H18BrNO/c1-5-15-14(9(2)3)12-10(4)7-6-8-11(12)13/h6-9H,5H2,1-4H3. The maximum atomic E-state index is 5.65. The van der Waals surface area contributed by atoms with E-state index in [4.69, 9.17) is 4.84 Å². The van der Waals surface area contributed by atoms with Gasteiger partial charge in [0.1, 0.15) is 0 Å². The molecule has 1 rings (SSSR count). The van der Waals surface area contributed by atoms with Gasteiger partial charge in [-0.1, -0.05) is 12.1 Å². The monoisotopic (exact) mass is 271 g/mol. The number of anilines is 1. The molecule has 1 aromatic rings. The predicted octanol–water partition coefficient (Wildman–Crippen LogP) is 3.92. The molecule has 0 aliphatic carbocycles. The van der Waals surface area contributed by atoms with Crippen LogP contribution in [0, 0.1) is 6.92 Å². The average molecular weight is 272 g/mol. The highest BCUT2D eigenvalue weighted by molar-refractivity contribution is 9.10. The van der Waals surface area contributed by atoms with E-state index in [-0.39, 0.29) is 0 Å². The van der Waals surface area contributed by atoms with E-state index in [1.165, 1.54) is 5.56 Å². The summed E-state index contributed by atoms with van der Waals surface area (Å²) in [5.41, 5.74) is 2.33. The Hall–Kier alpha value is -0.540. The lowest BCUT2D eigenvalue weighted by atomic mass is 10.2. The minimum absolute atomic E-state index is 0.322. The lowest BCUT2D eigenvalue weighted by molar-refractivity contribution is 0.104. The van der Waals surface area contributed by atoms with Crippen molar-refractivity contribution in [1.29, 1.82) is 0 Å². The van der Waals surface area contributed by atoms with Crippen molar-refractivity contribution in [3.8, 4) is 0 Å². The Morgan fingerprint density at radius 3 is 2.53 bits per heavy atom. The van der Waals surface area contributed by atoms with Crippen molar-refractivity contribution in [3.63, 3.8) is 0 Å². The van der Waals surface area contributed by atoms with Crippen molar-refractivity contribution in [2.45, 2.75) is 33.7 Å². The summed E-state index contributed by atoms with van der Waals surface area (Å²) >= 11 is 3.56. The van der Waals surface area contributed by atoms with E-state index in [1.807, 2.05) is 24.1 Å². The molecule has 2 nitrogen and oxygen atoms in total. The van der Waals surface area contributed by atoms with Gasteiger partial charge in [0.05, 0.1) is 18.3 Å². The van der Waals surface area contributed by atoms with Gasteiger partial charge < -0.3 is 0 Å². The van der Waals surface area contributed by atoms with Crippen LogP contribution in [0.1, 0.15) is 26.3 Å². The number of para-hydroxylation sites is 1. The van der Waals surface area contributed by atoms with Crippen molar-refractivity contribution in [2.24, 2.45) is 0 Å². The van der Waals surface area contributed by atoms with E-state index in [2.05, 4.69) is 42.8 Å². The number of nitrogens with zero attached hydrogens (tertiary/aromatic N) is 1. The molecule has 0 N–H and O–H groups in total. The molecule has 3 heteroatoms. The number of hydrogen-bond donors (Lipinski definition) is 0. The molecule has 15 heavy (non-hydrogen) atoms. The zero-order chi connectivity index (χ0) is 11.4. The average Bonchev–Trinajstić information content (AvgIpc) is 2.15. The SMILES string of the molecule is CCON(c1c(C)cccc1Br)C(C)C. The number of rotatable bonds is 4. The fourth-order valence-electron chi connectivity index (χ4n) is 1.51. The van der Waals surface area contributed by atoms with Crippen LogP contribution < -0.4 is 5.06 Å². The van der Waals surface area contributed by atoms with Gasteiger partial charge in [0, 0.05) is 4.47 Å². The van der Waals surface area contributed by atoms with Crippen LogP contribution >= 0.6 is 15.9 Å². The van der Waals surface area contributed by atoms with Crippen molar-refractivity contribution in [1.82, 2.24) is 0 Å². The van der Waals surface area contributed by atoms with Gasteiger partial charge >= 0.3 is 0 Å². The largest absolute Gasteiger partial charge is 0.273 e. The van der Waals surface area contributed by atoms with Gasteiger partial charge in [0.25, 0.3) is 0 Å². The second-order valence-corrected chi connectivity index (χ2v) is 4.60. The molecule has 0 fully saturated rings. The van der Waals surface area contributed by atoms with Crippen LogP contribution in [0.15, 0.2) is 22.7 Å². The Labute approximate surface area is 100 Å². The molecule has 0 heterocycles. The first kappa shape index (κ1) is 12.5. The fraction of sp³-hybridized carbons (Fsp3) is 0.500. The van der Waals surface area contributed by atoms with Crippen LogP contribution in [-0.4, -0.2) is 12.6 Å². The van der Waals surface area contributed by atoms with Gasteiger partial charge in [-0.15, -0.1) is 0 Å². The van der Waals surface area contributed by atoms with E-state index >= 15 is 0 Å². The van der Waals surface area contributed by atoms with Gasteiger partial charge in [-0.3, -0.25) is 9.90 Å². The Morgan fingerprint density at radius 2 is 2.07 bits per heavy atom. The number of hydroxylamine groups is 1. The normalized spacial score (nSPS) is 10.8. The highest BCUT2D eigenvalue weighted by atomic mass is 79.9. The minimum Gasteiger partial charge on any atom is -0.273 e. The highest BCUT2D eigenvalue weighted by Crippen LogP contribution is 2.31. The van der Waals surface area contributed by atoms with Gasteiger partial charge in [-0.2, -0.15) is 0 Å². The fourth-order valence-corrected chi connectivity index (χ4v) is 2.15. The molecule has 84 valence electrons. The van der Waals surface area contributed by atoms with E-state index in [0.29, 0.717) is 12.6 Å². The van der Waals surface area contributed by atoms with Crippen molar-refractivity contribution in [3.05, 3.63) is 28.2 Å². The first-order valence-corrected chi connectivity index (χ1v) is 6.04. The number of aryl methyl sites for hydroxylation is 1. The quantitative estimate of drug-likeness (QED) is 0.770. The molecular formula is C12H18BrNO. The molecule has 0 amide bonds. The third-order valence-corrected chi connectivity index (χ3v) is 2.79. The Kier molecular flexibility index (Phi) is 4.61. The molecular weight excluding hydrogens is 254 g/mol. The third kappa shape index (κ3) is 2.95. The van der Waals surface area contributed by atoms with Crippen LogP contribution in [0.25, 0.3) is 0 Å². The van der Waals surface area contributed by atoms with Crippen molar-refractivity contribution in [2.75, 3.05) is 11.7 Å². The molecule has 0 saturated heterocycles. The number of halogens is 1. The van der Waals surface area contributed by atoms with Gasteiger partial charge in [0.2, 0.25) is 0 Å². The molecule has 0 spiro atoms. The summed E-state index contributed by atoms with van der Waals surface area (Å²) in [5.74, 6) is 0. The summed E-state index contributed by atoms with van der Waals surface area (Å²) in [6, 6.07) is 6.49. The number of hydrogen-bond acceptors (Lipinski definition) is 2. The summed E-state index contributed by atoms with van der Waals surface area (Å²) in [6.45, 7) is 9.01. The van der Waals surface area contributed by atoms with E-state index < -0.39 is 0 Å². The smallest absolute Gasteiger partial charge is 0.0810 e. The van der Waals surface area contributed by atoms with Crippen LogP contribution in [-0.2, 0) is 4.84 Å². The predicted molar refractivity (Wildman–Crippen MR) is 68.1 cm³/mol. The molecule has 0 aliphatic rings. The minimum atomic E-state index is 0.322. The molecule has 0 aliphatic heterocycles. The topological polar surface area (TPSA) is 12.5 Å². The summed E-state index contributed by atoms with van der Waals surface area (Å²) in [4.78, 5) is 5.65. The van der Waals surface area contributed by atoms with E-state index in [1.54, 1.807) is 0 Å². The molecule has 1 aromatic carbocycles. The van der Waals surface area contributed by atoms with Gasteiger partial charge in [0.15, 0.2) is 0 Å². The molecule has 0 atom stereocenters. The zero-order valence-electron chi connectivity index (χ0n) is 9.75. The zero-order valence-corrected chi connectivity index (χ0v) is 11.3. The Morgan fingerprint density at radius 1 is 1.40 bits per heavy atom. The molecule has 0 radical (unpaired) electrons. The molecule has 0 unspecified atom stereocenters. The Bertz CT molecular complexity index is 305. The lowest BCUT2D eigenvalue weighted by Gasteiger charge is -2.29. The first-order valence-electron chi connectivity index (χ1n) is 5.25. The van der Waals surface area contributed by atoms with Crippen LogP contribution in [0.5, 0.6) is 0 Å². The second kappa shape index (κ2) is 5.52.